The number of rotatable bonds is 5. The first-order valence-corrected chi connectivity index (χ1v) is 9.50. The van der Waals surface area contributed by atoms with Gasteiger partial charge < -0.3 is 20.0 Å². The molecule has 0 fully saturated rings. The van der Waals surface area contributed by atoms with E-state index in [-0.39, 0.29) is 5.91 Å². The van der Waals surface area contributed by atoms with E-state index < -0.39 is 12.0 Å². The van der Waals surface area contributed by atoms with Crippen molar-refractivity contribution in [3.05, 3.63) is 71.0 Å². The van der Waals surface area contributed by atoms with Gasteiger partial charge >= 0.3 is 5.97 Å². The Labute approximate surface area is 168 Å². The second-order valence-electron chi connectivity index (χ2n) is 7.25. The van der Waals surface area contributed by atoms with Crippen LogP contribution in [0.5, 0.6) is 0 Å². The zero-order valence-electron chi connectivity index (χ0n) is 16.6. The summed E-state index contributed by atoms with van der Waals surface area (Å²) in [5, 5.41) is 4.87. The number of ether oxygens (including phenoxy) is 1. The number of para-hydroxylation sites is 1. The molecule has 2 aromatic carbocycles. The lowest BCUT2D eigenvalue weighted by Crippen LogP contribution is -2.43. The van der Waals surface area contributed by atoms with Gasteiger partial charge in [0.2, 0.25) is 0 Å². The number of esters is 1. The van der Waals surface area contributed by atoms with Crippen LogP contribution in [0.4, 0.5) is 0 Å². The maximum Gasteiger partial charge on any atom is 0.328 e. The van der Waals surface area contributed by atoms with Crippen molar-refractivity contribution in [2.24, 2.45) is 0 Å². The van der Waals surface area contributed by atoms with Crippen LogP contribution in [-0.2, 0) is 16.0 Å². The molecule has 4 rings (SSSR count). The van der Waals surface area contributed by atoms with Gasteiger partial charge in [0, 0.05) is 45.7 Å². The van der Waals surface area contributed by atoms with Gasteiger partial charge in [-0.1, -0.05) is 18.2 Å². The highest BCUT2D eigenvalue weighted by Crippen LogP contribution is 2.23. The van der Waals surface area contributed by atoms with E-state index in [4.69, 9.17) is 4.74 Å². The zero-order chi connectivity index (χ0) is 20.5. The normalized spacial score (nSPS) is 12.2. The fourth-order valence-corrected chi connectivity index (χ4v) is 3.70. The van der Waals surface area contributed by atoms with Crippen LogP contribution in [0.2, 0.25) is 0 Å². The summed E-state index contributed by atoms with van der Waals surface area (Å²) in [6, 6.07) is 12.6. The Kier molecular flexibility index (Phi) is 4.84. The number of aryl methyl sites for hydroxylation is 2. The molecule has 6 nitrogen and oxygen atoms in total. The van der Waals surface area contributed by atoms with E-state index in [1.807, 2.05) is 56.4 Å². The standard InChI is InChI=1S/C23H23N3O3/c1-13-14(2)25-20-9-8-15(10-18(13)20)22(27)26-21(23(28)29-3)11-16-12-24-19-7-5-4-6-17(16)19/h4-10,12,21,24-25H,11H2,1-3H3,(H,26,27). The second kappa shape index (κ2) is 7.47. The summed E-state index contributed by atoms with van der Waals surface area (Å²) >= 11 is 0. The van der Waals surface area contributed by atoms with E-state index in [1.165, 1.54) is 7.11 Å². The van der Waals surface area contributed by atoms with E-state index in [0.717, 1.165) is 38.6 Å². The molecule has 0 saturated carbocycles. The van der Waals surface area contributed by atoms with Gasteiger partial charge in [0.05, 0.1) is 7.11 Å². The third-order valence-corrected chi connectivity index (χ3v) is 5.46. The SMILES string of the molecule is COC(=O)C(Cc1c[nH]c2ccccc12)NC(=O)c1ccc2[nH]c(C)c(C)c2c1. The molecule has 0 aliphatic heterocycles. The van der Waals surface area contributed by atoms with E-state index in [0.29, 0.717) is 12.0 Å². The molecule has 0 aliphatic carbocycles. The van der Waals surface area contributed by atoms with Crippen LogP contribution in [0.25, 0.3) is 21.8 Å². The summed E-state index contributed by atoms with van der Waals surface area (Å²) in [6.07, 6.45) is 2.21. The maximum atomic E-state index is 12.9. The van der Waals surface area contributed by atoms with E-state index in [2.05, 4.69) is 15.3 Å². The highest BCUT2D eigenvalue weighted by Gasteiger charge is 2.24. The van der Waals surface area contributed by atoms with Crippen LogP contribution in [-0.4, -0.2) is 35.0 Å². The average molecular weight is 389 g/mol. The number of aromatic amines is 2. The molecule has 4 aromatic rings. The third-order valence-electron chi connectivity index (χ3n) is 5.46. The molecule has 1 atom stereocenters. The van der Waals surface area contributed by atoms with Crippen LogP contribution < -0.4 is 5.32 Å². The van der Waals surface area contributed by atoms with Gasteiger partial charge in [0.15, 0.2) is 0 Å². The summed E-state index contributed by atoms with van der Waals surface area (Å²) in [4.78, 5) is 31.7. The Balaban J connectivity index is 1.60. The number of amides is 1. The summed E-state index contributed by atoms with van der Waals surface area (Å²) in [5.41, 5.74) is 5.61. The molecule has 3 N–H and O–H groups in total. The lowest BCUT2D eigenvalue weighted by molar-refractivity contribution is -0.142. The summed E-state index contributed by atoms with van der Waals surface area (Å²) in [6.45, 7) is 4.02. The number of nitrogens with one attached hydrogen (secondary N) is 3. The van der Waals surface area contributed by atoms with E-state index >= 15 is 0 Å². The molecule has 6 heteroatoms. The van der Waals surface area contributed by atoms with Gasteiger partial charge in [-0.3, -0.25) is 4.79 Å². The number of fused-ring (bicyclic) bond motifs is 2. The quantitative estimate of drug-likeness (QED) is 0.454. The van der Waals surface area contributed by atoms with Gasteiger partial charge in [0.1, 0.15) is 6.04 Å². The highest BCUT2D eigenvalue weighted by molar-refractivity contribution is 6.00. The molecule has 2 heterocycles. The molecule has 2 aromatic heterocycles. The second-order valence-corrected chi connectivity index (χ2v) is 7.25. The first-order valence-electron chi connectivity index (χ1n) is 9.50. The first kappa shape index (κ1) is 18.8. The lowest BCUT2D eigenvalue weighted by atomic mass is 10.0. The number of hydrogen-bond acceptors (Lipinski definition) is 3. The molecule has 0 bridgehead atoms. The smallest absolute Gasteiger partial charge is 0.328 e. The van der Waals surface area contributed by atoms with Crippen molar-refractivity contribution in [3.63, 3.8) is 0 Å². The summed E-state index contributed by atoms with van der Waals surface area (Å²) in [5.74, 6) is -0.779. The van der Waals surface area contributed by atoms with Crippen molar-refractivity contribution >= 4 is 33.7 Å². The summed E-state index contributed by atoms with van der Waals surface area (Å²) in [7, 11) is 1.33. The maximum absolute atomic E-state index is 12.9. The number of H-pyrrole nitrogens is 2. The molecule has 148 valence electrons. The molecule has 0 aliphatic rings. The van der Waals surface area contributed by atoms with E-state index in [9.17, 15) is 9.59 Å². The molecular formula is C23H23N3O3. The number of carbonyl (C=O) groups excluding carboxylic acids is 2. The Morgan fingerprint density at radius 3 is 2.66 bits per heavy atom. The van der Waals surface area contributed by atoms with Gasteiger partial charge in [-0.05, 0) is 49.2 Å². The number of hydrogen-bond donors (Lipinski definition) is 3. The monoisotopic (exact) mass is 389 g/mol. The molecular weight excluding hydrogens is 366 g/mol. The van der Waals surface area contributed by atoms with Gasteiger partial charge in [-0.15, -0.1) is 0 Å². The fraction of sp³-hybridized carbons (Fsp3) is 0.217. The topological polar surface area (TPSA) is 87.0 Å². The zero-order valence-corrected chi connectivity index (χ0v) is 16.6. The minimum atomic E-state index is -0.781. The average Bonchev–Trinajstić information content (AvgIpc) is 3.27. The first-order chi connectivity index (χ1) is 14.0. The van der Waals surface area contributed by atoms with Crippen molar-refractivity contribution in [3.8, 4) is 0 Å². The van der Waals surface area contributed by atoms with Crippen molar-refractivity contribution in [2.75, 3.05) is 7.11 Å². The highest BCUT2D eigenvalue weighted by atomic mass is 16.5. The largest absolute Gasteiger partial charge is 0.467 e. The molecule has 0 saturated heterocycles. The van der Waals surface area contributed by atoms with Crippen LogP contribution in [0, 0.1) is 13.8 Å². The predicted octanol–water partition coefficient (Wildman–Crippen LogP) is 3.78. The van der Waals surface area contributed by atoms with Crippen molar-refractivity contribution in [2.45, 2.75) is 26.3 Å². The van der Waals surface area contributed by atoms with Crippen LogP contribution >= 0.6 is 0 Å². The number of aromatic nitrogens is 2. The minimum Gasteiger partial charge on any atom is -0.467 e. The van der Waals surface area contributed by atoms with Gasteiger partial charge in [-0.25, -0.2) is 4.79 Å². The number of carbonyl (C=O) groups is 2. The third kappa shape index (κ3) is 3.49. The molecule has 0 spiro atoms. The Morgan fingerprint density at radius 2 is 1.86 bits per heavy atom. The van der Waals surface area contributed by atoms with Crippen molar-refractivity contribution < 1.29 is 14.3 Å². The van der Waals surface area contributed by atoms with Gasteiger partial charge in [-0.2, -0.15) is 0 Å². The fourth-order valence-electron chi connectivity index (χ4n) is 3.70. The molecule has 1 unspecified atom stereocenters. The molecule has 29 heavy (non-hydrogen) atoms. The Bertz CT molecular complexity index is 1220. The predicted molar refractivity (Wildman–Crippen MR) is 113 cm³/mol. The van der Waals surface area contributed by atoms with Crippen LogP contribution in [0.15, 0.2) is 48.7 Å². The number of benzene rings is 2. The minimum absolute atomic E-state index is 0.305. The molecule has 1 amide bonds. The van der Waals surface area contributed by atoms with Crippen molar-refractivity contribution in [1.29, 1.82) is 0 Å². The molecule has 0 radical (unpaired) electrons. The lowest BCUT2D eigenvalue weighted by Gasteiger charge is -2.16. The summed E-state index contributed by atoms with van der Waals surface area (Å²) < 4.78 is 4.93. The van der Waals surface area contributed by atoms with Crippen molar-refractivity contribution in [1.82, 2.24) is 15.3 Å². The van der Waals surface area contributed by atoms with Crippen LogP contribution in [0.1, 0.15) is 27.2 Å². The number of methoxy groups -OCH3 is 1. The van der Waals surface area contributed by atoms with Gasteiger partial charge in [0.25, 0.3) is 5.91 Å². The van der Waals surface area contributed by atoms with Crippen LogP contribution in [0.3, 0.4) is 0 Å². The Hall–Kier alpha value is -3.54. The Morgan fingerprint density at radius 1 is 1.07 bits per heavy atom. The van der Waals surface area contributed by atoms with E-state index in [1.54, 1.807) is 6.07 Å².